The number of ether oxygens (including phenoxy) is 1. The molecule has 1 aliphatic heterocycles. The summed E-state index contributed by atoms with van der Waals surface area (Å²) in [6.07, 6.45) is 3.99. The van der Waals surface area contributed by atoms with Crippen LogP contribution in [0, 0.1) is 0 Å². The van der Waals surface area contributed by atoms with Crippen molar-refractivity contribution in [1.82, 2.24) is 9.80 Å². The quantitative estimate of drug-likeness (QED) is 0.725. The number of hydrogen-bond acceptors (Lipinski definition) is 4. The number of piperidine rings is 1. The first kappa shape index (κ1) is 17.4. The SMILES string of the molecule is CCC(CC)N(CCOC)C(=O)CN1CCC(N)CC1. The molecule has 20 heavy (non-hydrogen) atoms. The van der Waals surface area contributed by atoms with Gasteiger partial charge in [-0.25, -0.2) is 0 Å². The van der Waals surface area contributed by atoms with E-state index in [2.05, 4.69) is 18.7 Å². The van der Waals surface area contributed by atoms with Gasteiger partial charge in [0.25, 0.3) is 0 Å². The number of nitrogens with two attached hydrogens (primary N) is 1. The molecule has 0 aliphatic carbocycles. The highest BCUT2D eigenvalue weighted by Crippen LogP contribution is 2.12. The second-order valence-corrected chi connectivity index (χ2v) is 5.66. The maximum atomic E-state index is 12.6. The van der Waals surface area contributed by atoms with Crippen LogP contribution >= 0.6 is 0 Å². The molecule has 1 fully saturated rings. The number of carbonyl (C=O) groups is 1. The van der Waals surface area contributed by atoms with Crippen LogP contribution < -0.4 is 5.73 Å². The van der Waals surface area contributed by atoms with E-state index < -0.39 is 0 Å². The van der Waals surface area contributed by atoms with Crippen LogP contribution in [0.25, 0.3) is 0 Å². The molecule has 1 aliphatic rings. The highest BCUT2D eigenvalue weighted by molar-refractivity contribution is 5.78. The number of methoxy groups -OCH3 is 1. The summed E-state index contributed by atoms with van der Waals surface area (Å²) in [7, 11) is 1.68. The Kier molecular flexibility index (Phi) is 8.11. The molecule has 0 radical (unpaired) electrons. The van der Waals surface area contributed by atoms with Crippen LogP contribution in [0.4, 0.5) is 0 Å². The summed E-state index contributed by atoms with van der Waals surface area (Å²) < 4.78 is 5.14. The molecule has 0 aromatic rings. The molecule has 0 spiro atoms. The van der Waals surface area contributed by atoms with E-state index in [1.165, 1.54) is 0 Å². The van der Waals surface area contributed by atoms with Gasteiger partial charge >= 0.3 is 0 Å². The molecule has 0 aromatic heterocycles. The molecule has 0 aromatic carbocycles. The minimum Gasteiger partial charge on any atom is -0.383 e. The van der Waals surface area contributed by atoms with Gasteiger partial charge in [-0.3, -0.25) is 9.69 Å². The Morgan fingerprint density at radius 1 is 1.35 bits per heavy atom. The Morgan fingerprint density at radius 2 is 1.95 bits per heavy atom. The number of hydrogen-bond donors (Lipinski definition) is 1. The molecule has 1 heterocycles. The van der Waals surface area contributed by atoms with Crippen LogP contribution in [0.5, 0.6) is 0 Å². The maximum absolute atomic E-state index is 12.6. The number of amides is 1. The zero-order valence-corrected chi connectivity index (χ0v) is 13.3. The Bertz CT molecular complexity index is 274. The molecule has 5 nitrogen and oxygen atoms in total. The predicted molar refractivity (Wildman–Crippen MR) is 81.6 cm³/mol. The summed E-state index contributed by atoms with van der Waals surface area (Å²) in [5, 5.41) is 0. The number of rotatable bonds is 8. The minimum atomic E-state index is 0.228. The average Bonchev–Trinajstić information content (AvgIpc) is 2.45. The van der Waals surface area contributed by atoms with E-state index in [1.807, 2.05) is 4.90 Å². The zero-order valence-electron chi connectivity index (χ0n) is 13.3. The molecular weight excluding hydrogens is 254 g/mol. The van der Waals surface area contributed by atoms with Crippen molar-refractivity contribution in [3.05, 3.63) is 0 Å². The molecule has 1 saturated heterocycles. The van der Waals surface area contributed by atoms with Crippen molar-refractivity contribution in [3.63, 3.8) is 0 Å². The van der Waals surface area contributed by atoms with E-state index in [9.17, 15) is 4.79 Å². The van der Waals surface area contributed by atoms with Crippen molar-refractivity contribution >= 4 is 5.91 Å². The monoisotopic (exact) mass is 285 g/mol. The lowest BCUT2D eigenvalue weighted by Crippen LogP contribution is -2.49. The third-order valence-corrected chi connectivity index (χ3v) is 4.23. The molecule has 1 rings (SSSR count). The Labute approximate surface area is 123 Å². The molecule has 0 atom stereocenters. The molecular formula is C15H31N3O2. The van der Waals surface area contributed by atoms with Crippen LogP contribution in [0.1, 0.15) is 39.5 Å². The number of carbonyl (C=O) groups excluding carboxylic acids is 1. The van der Waals surface area contributed by atoms with Gasteiger partial charge in [-0.15, -0.1) is 0 Å². The van der Waals surface area contributed by atoms with Gasteiger partial charge in [-0.1, -0.05) is 13.8 Å². The van der Waals surface area contributed by atoms with E-state index in [-0.39, 0.29) is 5.91 Å². The van der Waals surface area contributed by atoms with Gasteiger partial charge in [0, 0.05) is 38.8 Å². The fraction of sp³-hybridized carbons (Fsp3) is 0.933. The van der Waals surface area contributed by atoms with Gasteiger partial charge in [0.15, 0.2) is 0 Å². The highest BCUT2D eigenvalue weighted by Gasteiger charge is 2.24. The topological polar surface area (TPSA) is 58.8 Å². The van der Waals surface area contributed by atoms with Crippen LogP contribution in [-0.4, -0.2) is 67.7 Å². The van der Waals surface area contributed by atoms with Crippen molar-refractivity contribution < 1.29 is 9.53 Å². The maximum Gasteiger partial charge on any atom is 0.237 e. The zero-order chi connectivity index (χ0) is 15.0. The molecule has 1 amide bonds. The van der Waals surface area contributed by atoms with Gasteiger partial charge in [-0.2, -0.15) is 0 Å². The Balaban J connectivity index is 2.53. The Hall–Kier alpha value is -0.650. The molecule has 0 saturated carbocycles. The molecule has 0 bridgehead atoms. The molecule has 5 heteroatoms. The summed E-state index contributed by atoms with van der Waals surface area (Å²) >= 11 is 0. The first-order valence-electron chi connectivity index (χ1n) is 7.88. The van der Waals surface area contributed by atoms with Gasteiger partial charge < -0.3 is 15.4 Å². The highest BCUT2D eigenvalue weighted by atomic mass is 16.5. The number of likely N-dealkylation sites (tertiary alicyclic amines) is 1. The van der Waals surface area contributed by atoms with E-state index in [0.29, 0.717) is 31.8 Å². The first-order valence-corrected chi connectivity index (χ1v) is 7.88. The summed E-state index contributed by atoms with van der Waals surface area (Å²) in [5.74, 6) is 0.228. The second-order valence-electron chi connectivity index (χ2n) is 5.66. The van der Waals surface area contributed by atoms with E-state index in [4.69, 9.17) is 10.5 Å². The fourth-order valence-electron chi connectivity index (χ4n) is 2.82. The summed E-state index contributed by atoms with van der Waals surface area (Å²) in [5.41, 5.74) is 5.91. The van der Waals surface area contributed by atoms with Gasteiger partial charge in [0.05, 0.1) is 13.2 Å². The lowest BCUT2D eigenvalue weighted by Gasteiger charge is -2.34. The normalized spacial score (nSPS) is 17.6. The summed E-state index contributed by atoms with van der Waals surface area (Å²) in [6.45, 7) is 7.97. The van der Waals surface area contributed by atoms with E-state index in [1.54, 1.807) is 7.11 Å². The second kappa shape index (κ2) is 9.32. The summed E-state index contributed by atoms with van der Waals surface area (Å²) in [4.78, 5) is 16.8. The van der Waals surface area contributed by atoms with Crippen LogP contribution in [0.15, 0.2) is 0 Å². The van der Waals surface area contributed by atoms with E-state index >= 15 is 0 Å². The third kappa shape index (κ3) is 5.38. The average molecular weight is 285 g/mol. The van der Waals surface area contributed by atoms with Crippen molar-refractivity contribution in [2.24, 2.45) is 5.73 Å². The van der Waals surface area contributed by atoms with Crippen molar-refractivity contribution in [3.8, 4) is 0 Å². The Morgan fingerprint density at radius 3 is 2.45 bits per heavy atom. The van der Waals surface area contributed by atoms with Crippen molar-refractivity contribution in [2.45, 2.75) is 51.6 Å². The third-order valence-electron chi connectivity index (χ3n) is 4.23. The standard InChI is InChI=1S/C15H31N3O2/c1-4-14(5-2)18(10-11-20-3)15(19)12-17-8-6-13(16)7-9-17/h13-14H,4-12,16H2,1-3H3. The lowest BCUT2D eigenvalue weighted by atomic mass is 10.1. The molecule has 118 valence electrons. The van der Waals surface area contributed by atoms with Gasteiger partial charge in [0.1, 0.15) is 0 Å². The molecule has 0 unspecified atom stereocenters. The van der Waals surface area contributed by atoms with E-state index in [0.717, 1.165) is 38.8 Å². The van der Waals surface area contributed by atoms with Crippen LogP contribution in [0.2, 0.25) is 0 Å². The largest absolute Gasteiger partial charge is 0.383 e. The smallest absolute Gasteiger partial charge is 0.237 e. The number of nitrogens with zero attached hydrogens (tertiary/aromatic N) is 2. The predicted octanol–water partition coefficient (Wildman–Crippen LogP) is 1.07. The summed E-state index contributed by atoms with van der Waals surface area (Å²) in [6, 6.07) is 0.634. The van der Waals surface area contributed by atoms with Gasteiger partial charge in [0.2, 0.25) is 5.91 Å². The van der Waals surface area contributed by atoms with Crippen LogP contribution in [-0.2, 0) is 9.53 Å². The van der Waals surface area contributed by atoms with Crippen molar-refractivity contribution in [1.29, 1.82) is 0 Å². The molecule has 2 N–H and O–H groups in total. The van der Waals surface area contributed by atoms with Crippen molar-refractivity contribution in [2.75, 3.05) is 39.9 Å². The van der Waals surface area contributed by atoms with Crippen LogP contribution in [0.3, 0.4) is 0 Å². The minimum absolute atomic E-state index is 0.228. The fourth-order valence-corrected chi connectivity index (χ4v) is 2.82. The lowest BCUT2D eigenvalue weighted by molar-refractivity contribution is -0.136. The first-order chi connectivity index (χ1) is 9.62. The van der Waals surface area contributed by atoms with Gasteiger partial charge in [-0.05, 0) is 25.7 Å².